The van der Waals surface area contributed by atoms with Crippen molar-refractivity contribution >= 4 is 17.4 Å². The zero-order chi connectivity index (χ0) is 15.3. The third-order valence-corrected chi connectivity index (χ3v) is 4.23. The molecule has 2 amide bonds. The van der Waals surface area contributed by atoms with E-state index in [1.165, 1.54) is 6.26 Å². The van der Waals surface area contributed by atoms with Gasteiger partial charge in [-0.15, -0.1) is 11.3 Å². The number of rotatable bonds is 6. The Kier molecular flexibility index (Phi) is 5.03. The van der Waals surface area contributed by atoms with Crippen molar-refractivity contribution in [3.05, 3.63) is 46.5 Å². The van der Waals surface area contributed by atoms with Crippen molar-refractivity contribution in [2.45, 2.75) is 31.9 Å². The summed E-state index contributed by atoms with van der Waals surface area (Å²) in [6.45, 7) is 3.69. The van der Waals surface area contributed by atoms with Crippen LogP contribution in [0.4, 0.5) is 4.79 Å². The Morgan fingerprint density at radius 3 is 2.86 bits per heavy atom. The second kappa shape index (κ2) is 6.78. The molecular formula is C15H20N2O3S. The lowest BCUT2D eigenvalue weighted by Gasteiger charge is -2.22. The first-order chi connectivity index (χ1) is 10.0. The highest BCUT2D eigenvalue weighted by molar-refractivity contribution is 7.10. The Hall–Kier alpha value is -1.79. The predicted molar refractivity (Wildman–Crippen MR) is 82.2 cm³/mol. The number of hydrogen-bond acceptors (Lipinski definition) is 4. The molecule has 2 rings (SSSR count). The average Bonchev–Trinajstić information content (AvgIpc) is 3.14. The van der Waals surface area contributed by atoms with Crippen LogP contribution in [0.3, 0.4) is 0 Å². The summed E-state index contributed by atoms with van der Waals surface area (Å²) in [5.41, 5.74) is -1.23. The van der Waals surface area contributed by atoms with Crippen LogP contribution in [0.1, 0.15) is 36.9 Å². The van der Waals surface area contributed by atoms with Crippen molar-refractivity contribution in [1.29, 1.82) is 0 Å². The summed E-state index contributed by atoms with van der Waals surface area (Å²) in [5.74, 6) is 0.424. The molecule has 0 aliphatic carbocycles. The number of nitrogens with one attached hydrogen (secondary N) is 2. The van der Waals surface area contributed by atoms with E-state index < -0.39 is 5.60 Å². The van der Waals surface area contributed by atoms with Crippen LogP contribution in [0.25, 0.3) is 0 Å². The molecule has 5 nitrogen and oxygen atoms in total. The first-order valence-electron chi connectivity index (χ1n) is 6.87. The molecule has 2 aromatic heterocycles. The van der Waals surface area contributed by atoms with E-state index in [2.05, 4.69) is 10.6 Å². The molecule has 114 valence electrons. The molecule has 0 aromatic carbocycles. The van der Waals surface area contributed by atoms with Crippen molar-refractivity contribution < 1.29 is 14.3 Å². The molecule has 3 N–H and O–H groups in total. The number of hydrogen-bond donors (Lipinski definition) is 3. The highest BCUT2D eigenvalue weighted by Gasteiger charge is 2.27. The maximum absolute atomic E-state index is 12.0. The van der Waals surface area contributed by atoms with Gasteiger partial charge in [-0.05, 0) is 36.9 Å². The number of urea groups is 1. The monoisotopic (exact) mass is 308 g/mol. The zero-order valence-electron chi connectivity index (χ0n) is 12.1. The van der Waals surface area contributed by atoms with Crippen LogP contribution in [0.2, 0.25) is 0 Å². The van der Waals surface area contributed by atoms with Gasteiger partial charge in [0.05, 0.1) is 18.8 Å². The average molecular weight is 308 g/mol. The number of amides is 2. The summed E-state index contributed by atoms with van der Waals surface area (Å²) in [7, 11) is 0. The molecule has 2 atom stereocenters. The Morgan fingerprint density at radius 1 is 1.48 bits per heavy atom. The van der Waals surface area contributed by atoms with Crippen molar-refractivity contribution in [2.24, 2.45) is 0 Å². The summed E-state index contributed by atoms with van der Waals surface area (Å²) in [6.07, 6.45) is 2.30. The largest absolute Gasteiger partial charge is 0.466 e. The van der Waals surface area contributed by atoms with Gasteiger partial charge in [-0.2, -0.15) is 0 Å². The fourth-order valence-electron chi connectivity index (χ4n) is 2.00. The lowest BCUT2D eigenvalue weighted by atomic mass is 10.0. The van der Waals surface area contributed by atoms with Crippen molar-refractivity contribution in [2.75, 3.05) is 6.54 Å². The van der Waals surface area contributed by atoms with Gasteiger partial charge in [0, 0.05) is 4.88 Å². The van der Waals surface area contributed by atoms with Crippen LogP contribution in [-0.4, -0.2) is 17.7 Å². The third kappa shape index (κ3) is 4.09. The highest BCUT2D eigenvalue weighted by atomic mass is 32.1. The molecule has 2 aromatic rings. The molecule has 6 heteroatoms. The summed E-state index contributed by atoms with van der Waals surface area (Å²) in [5, 5.41) is 17.8. The molecule has 0 spiro atoms. The second-order valence-corrected chi connectivity index (χ2v) is 6.03. The minimum atomic E-state index is -1.23. The van der Waals surface area contributed by atoms with Crippen molar-refractivity contribution in [3.8, 4) is 0 Å². The van der Waals surface area contributed by atoms with Gasteiger partial charge in [0.15, 0.2) is 0 Å². The number of thiophene rings is 1. The van der Waals surface area contributed by atoms with Gasteiger partial charge in [0.2, 0.25) is 0 Å². The quantitative estimate of drug-likeness (QED) is 0.768. The molecule has 2 unspecified atom stereocenters. The van der Waals surface area contributed by atoms with Crippen LogP contribution >= 0.6 is 11.3 Å². The normalized spacial score (nSPS) is 15.2. The molecule has 0 aliphatic rings. The van der Waals surface area contributed by atoms with E-state index in [4.69, 9.17) is 4.42 Å². The smallest absolute Gasteiger partial charge is 0.315 e. The first-order valence-corrected chi connectivity index (χ1v) is 7.75. The second-order valence-electron chi connectivity index (χ2n) is 5.05. The Labute approximate surface area is 128 Å². The molecule has 0 fully saturated rings. The maximum Gasteiger partial charge on any atom is 0.315 e. The molecule has 0 aliphatic heterocycles. The lowest BCUT2D eigenvalue weighted by molar-refractivity contribution is 0.0366. The number of carbonyl (C=O) groups is 1. The van der Waals surface area contributed by atoms with E-state index in [1.54, 1.807) is 30.4 Å². The van der Waals surface area contributed by atoms with Gasteiger partial charge in [-0.25, -0.2) is 4.79 Å². The van der Waals surface area contributed by atoms with Gasteiger partial charge in [0.25, 0.3) is 0 Å². The molecule has 0 saturated carbocycles. The Balaban J connectivity index is 1.87. The summed E-state index contributed by atoms with van der Waals surface area (Å²) >= 11 is 1.61. The summed E-state index contributed by atoms with van der Waals surface area (Å²) in [4.78, 5) is 13.1. The highest BCUT2D eigenvalue weighted by Crippen LogP contribution is 2.22. The number of aliphatic hydroxyl groups is 1. The summed E-state index contributed by atoms with van der Waals surface area (Å²) < 4.78 is 5.17. The topological polar surface area (TPSA) is 74.5 Å². The van der Waals surface area contributed by atoms with E-state index >= 15 is 0 Å². The summed E-state index contributed by atoms with van der Waals surface area (Å²) in [6, 6.07) is 7.02. The van der Waals surface area contributed by atoms with Crippen LogP contribution in [0, 0.1) is 0 Å². The molecular weight excluding hydrogens is 288 g/mol. The SMILES string of the molecule is CCC(NC(=O)NCC(C)(O)c1ccco1)c1cccs1. The molecule has 0 saturated heterocycles. The van der Waals surface area contributed by atoms with Crippen LogP contribution in [0.15, 0.2) is 40.3 Å². The first kappa shape index (κ1) is 15.6. The fourth-order valence-corrected chi connectivity index (χ4v) is 2.86. The van der Waals surface area contributed by atoms with Gasteiger partial charge >= 0.3 is 6.03 Å². The van der Waals surface area contributed by atoms with Crippen LogP contribution < -0.4 is 10.6 Å². The minimum absolute atomic E-state index is 0.0152. The predicted octanol–water partition coefficient (Wildman–Crippen LogP) is 3.00. The van der Waals surface area contributed by atoms with Gasteiger partial charge < -0.3 is 20.2 Å². The fraction of sp³-hybridized carbons (Fsp3) is 0.400. The van der Waals surface area contributed by atoms with Gasteiger partial charge in [0.1, 0.15) is 11.4 Å². The molecule has 21 heavy (non-hydrogen) atoms. The molecule has 0 bridgehead atoms. The van der Waals surface area contributed by atoms with Crippen LogP contribution in [-0.2, 0) is 5.60 Å². The molecule has 2 heterocycles. The van der Waals surface area contributed by atoms with E-state index in [1.807, 2.05) is 24.4 Å². The zero-order valence-corrected chi connectivity index (χ0v) is 12.9. The third-order valence-electron chi connectivity index (χ3n) is 3.25. The standard InChI is InChI=1S/C15H20N2O3S/c1-3-11(12-6-5-9-21-12)17-14(18)16-10-15(2,19)13-7-4-8-20-13/h4-9,11,19H,3,10H2,1-2H3,(H2,16,17,18). The van der Waals surface area contributed by atoms with Crippen molar-refractivity contribution in [3.63, 3.8) is 0 Å². The lowest BCUT2D eigenvalue weighted by Crippen LogP contribution is -2.44. The number of carbonyl (C=O) groups excluding carboxylic acids is 1. The maximum atomic E-state index is 12.0. The Bertz CT molecular complexity index is 550. The van der Waals surface area contributed by atoms with Gasteiger partial charge in [-0.1, -0.05) is 13.0 Å². The Morgan fingerprint density at radius 2 is 2.29 bits per heavy atom. The van der Waals surface area contributed by atoms with Gasteiger partial charge in [-0.3, -0.25) is 0 Å². The minimum Gasteiger partial charge on any atom is -0.466 e. The van der Waals surface area contributed by atoms with Crippen molar-refractivity contribution in [1.82, 2.24) is 10.6 Å². The molecule has 0 radical (unpaired) electrons. The number of furan rings is 1. The van der Waals surface area contributed by atoms with E-state index in [0.29, 0.717) is 5.76 Å². The van der Waals surface area contributed by atoms with E-state index in [9.17, 15) is 9.90 Å². The van der Waals surface area contributed by atoms with E-state index in [-0.39, 0.29) is 18.6 Å². The van der Waals surface area contributed by atoms with E-state index in [0.717, 1.165) is 11.3 Å². The van der Waals surface area contributed by atoms with Crippen LogP contribution in [0.5, 0.6) is 0 Å².